The highest BCUT2D eigenvalue weighted by Crippen LogP contribution is 2.17. The van der Waals surface area contributed by atoms with Crippen molar-refractivity contribution in [3.63, 3.8) is 0 Å². The van der Waals surface area contributed by atoms with Gasteiger partial charge in [0.25, 0.3) is 0 Å². The van der Waals surface area contributed by atoms with Crippen molar-refractivity contribution in [3.8, 4) is 0 Å². The minimum Gasteiger partial charge on any atom is -0.312 e. The molecule has 0 unspecified atom stereocenters. The van der Waals surface area contributed by atoms with Crippen LogP contribution in [0.3, 0.4) is 0 Å². The van der Waals surface area contributed by atoms with Crippen LogP contribution in [-0.4, -0.2) is 18.1 Å². The van der Waals surface area contributed by atoms with Gasteiger partial charge in [-0.3, -0.25) is 0 Å². The quantitative estimate of drug-likeness (QED) is 0.594. The average molecular weight is 260 g/mol. The molecular weight excluding hydrogens is 245 g/mol. The maximum absolute atomic E-state index is 13.4. The van der Waals surface area contributed by atoms with Crippen LogP contribution in [-0.2, 0) is 6.54 Å². The van der Waals surface area contributed by atoms with E-state index in [1.54, 1.807) is 30.0 Å². The Labute approximate surface area is 105 Å². The van der Waals surface area contributed by atoms with Crippen molar-refractivity contribution in [1.29, 1.82) is 0 Å². The summed E-state index contributed by atoms with van der Waals surface area (Å²) in [6, 6.07) is 5.06. The van der Waals surface area contributed by atoms with E-state index in [1.165, 1.54) is 0 Å². The standard InChI is InChI=1S/C12H15ClFNS/c1-2-7-16-8-6-15-9-10-4-3-5-11(13)12(10)14/h2-5,15H,1,6-9H2. The first-order chi connectivity index (χ1) is 7.75. The monoisotopic (exact) mass is 259 g/mol. The van der Waals surface area contributed by atoms with Crippen LogP contribution < -0.4 is 5.32 Å². The summed E-state index contributed by atoms with van der Waals surface area (Å²) in [5.41, 5.74) is 0.612. The third-order valence-electron chi connectivity index (χ3n) is 2.01. The van der Waals surface area contributed by atoms with Gasteiger partial charge in [-0.1, -0.05) is 29.8 Å². The molecule has 4 heteroatoms. The first-order valence-corrected chi connectivity index (χ1v) is 6.61. The number of halogens is 2. The Morgan fingerprint density at radius 3 is 3.06 bits per heavy atom. The van der Waals surface area contributed by atoms with Crippen LogP contribution in [0.1, 0.15) is 5.56 Å². The number of hydrogen-bond acceptors (Lipinski definition) is 2. The zero-order valence-corrected chi connectivity index (χ0v) is 10.6. The van der Waals surface area contributed by atoms with Crippen molar-refractivity contribution < 1.29 is 4.39 Å². The lowest BCUT2D eigenvalue weighted by atomic mass is 10.2. The molecule has 0 aliphatic carbocycles. The van der Waals surface area contributed by atoms with Gasteiger partial charge < -0.3 is 5.32 Å². The van der Waals surface area contributed by atoms with Crippen molar-refractivity contribution in [1.82, 2.24) is 5.32 Å². The van der Waals surface area contributed by atoms with Gasteiger partial charge >= 0.3 is 0 Å². The molecule has 0 saturated carbocycles. The lowest BCUT2D eigenvalue weighted by Crippen LogP contribution is -2.17. The van der Waals surface area contributed by atoms with E-state index in [4.69, 9.17) is 11.6 Å². The van der Waals surface area contributed by atoms with Crippen LogP contribution in [0.4, 0.5) is 4.39 Å². The van der Waals surface area contributed by atoms with E-state index in [2.05, 4.69) is 11.9 Å². The molecule has 0 saturated heterocycles. The number of nitrogens with one attached hydrogen (secondary N) is 1. The molecule has 88 valence electrons. The second kappa shape index (κ2) is 7.71. The molecule has 0 spiro atoms. The third kappa shape index (κ3) is 4.56. The molecule has 1 aromatic carbocycles. The number of thioether (sulfide) groups is 1. The summed E-state index contributed by atoms with van der Waals surface area (Å²) >= 11 is 7.47. The van der Waals surface area contributed by atoms with Gasteiger partial charge in [-0.25, -0.2) is 4.39 Å². The molecule has 16 heavy (non-hydrogen) atoms. The molecule has 0 atom stereocenters. The minimum absolute atomic E-state index is 0.181. The van der Waals surface area contributed by atoms with Crippen molar-refractivity contribution in [2.24, 2.45) is 0 Å². The Balaban J connectivity index is 2.26. The van der Waals surface area contributed by atoms with Crippen molar-refractivity contribution in [2.75, 3.05) is 18.1 Å². The van der Waals surface area contributed by atoms with Crippen LogP contribution >= 0.6 is 23.4 Å². The molecule has 1 N–H and O–H groups in total. The molecule has 0 fully saturated rings. The van der Waals surface area contributed by atoms with Crippen LogP contribution in [0, 0.1) is 5.82 Å². The fourth-order valence-corrected chi connectivity index (χ4v) is 2.04. The molecule has 0 aliphatic heterocycles. The first kappa shape index (κ1) is 13.6. The van der Waals surface area contributed by atoms with Crippen molar-refractivity contribution in [2.45, 2.75) is 6.54 Å². The molecule has 0 aromatic heterocycles. The maximum Gasteiger partial charge on any atom is 0.146 e. The fraction of sp³-hybridized carbons (Fsp3) is 0.333. The van der Waals surface area contributed by atoms with Gasteiger partial charge in [0.2, 0.25) is 0 Å². The lowest BCUT2D eigenvalue weighted by Gasteiger charge is -2.06. The second-order valence-corrected chi connectivity index (χ2v) is 4.81. The van der Waals surface area contributed by atoms with Crippen molar-refractivity contribution >= 4 is 23.4 Å². The highest BCUT2D eigenvalue weighted by atomic mass is 35.5. The molecule has 0 heterocycles. The van der Waals surface area contributed by atoms with E-state index >= 15 is 0 Å². The van der Waals surface area contributed by atoms with Crippen LogP contribution in [0.2, 0.25) is 5.02 Å². The highest BCUT2D eigenvalue weighted by Gasteiger charge is 2.04. The molecule has 1 aromatic rings. The second-order valence-electron chi connectivity index (χ2n) is 3.25. The van der Waals surface area contributed by atoms with Gasteiger partial charge in [0.05, 0.1) is 5.02 Å². The van der Waals surface area contributed by atoms with Crippen LogP contribution in [0.25, 0.3) is 0 Å². The first-order valence-electron chi connectivity index (χ1n) is 5.08. The molecular formula is C12H15ClFNS. The van der Waals surface area contributed by atoms with E-state index < -0.39 is 0 Å². The summed E-state index contributed by atoms with van der Waals surface area (Å²) < 4.78 is 13.4. The summed E-state index contributed by atoms with van der Waals surface area (Å²) in [5.74, 6) is 1.62. The normalized spacial score (nSPS) is 10.4. The summed E-state index contributed by atoms with van der Waals surface area (Å²) in [5, 5.41) is 3.36. The van der Waals surface area contributed by atoms with Gasteiger partial charge in [-0.15, -0.1) is 6.58 Å². The Hall–Kier alpha value is -0.510. The molecule has 0 radical (unpaired) electrons. The van der Waals surface area contributed by atoms with Gasteiger partial charge in [0.15, 0.2) is 0 Å². The predicted molar refractivity (Wildman–Crippen MR) is 70.6 cm³/mol. The largest absolute Gasteiger partial charge is 0.312 e. The van der Waals surface area contributed by atoms with Gasteiger partial charge in [-0.05, 0) is 6.07 Å². The van der Waals surface area contributed by atoms with E-state index in [-0.39, 0.29) is 10.8 Å². The number of hydrogen-bond donors (Lipinski definition) is 1. The third-order valence-corrected chi connectivity index (χ3v) is 3.26. The molecule has 0 amide bonds. The average Bonchev–Trinajstić information content (AvgIpc) is 2.29. The number of benzene rings is 1. The Morgan fingerprint density at radius 1 is 1.50 bits per heavy atom. The zero-order valence-electron chi connectivity index (χ0n) is 9.01. The highest BCUT2D eigenvalue weighted by molar-refractivity contribution is 7.99. The van der Waals surface area contributed by atoms with Crippen LogP contribution in [0.15, 0.2) is 30.9 Å². The number of rotatable bonds is 7. The SMILES string of the molecule is C=CCSCCNCc1cccc(Cl)c1F. The summed E-state index contributed by atoms with van der Waals surface area (Å²) in [6.07, 6.45) is 1.88. The predicted octanol–water partition coefficient (Wildman–Crippen LogP) is 3.49. The maximum atomic E-state index is 13.4. The lowest BCUT2D eigenvalue weighted by molar-refractivity contribution is 0.594. The summed E-state index contributed by atoms with van der Waals surface area (Å²) in [4.78, 5) is 0. The zero-order chi connectivity index (χ0) is 11.8. The fourth-order valence-electron chi connectivity index (χ4n) is 1.22. The topological polar surface area (TPSA) is 12.0 Å². The molecule has 0 aliphatic rings. The Kier molecular flexibility index (Phi) is 6.53. The molecule has 1 rings (SSSR count). The smallest absolute Gasteiger partial charge is 0.146 e. The van der Waals surface area contributed by atoms with Gasteiger partial charge in [0, 0.05) is 30.2 Å². The van der Waals surface area contributed by atoms with E-state index in [0.717, 1.165) is 18.1 Å². The summed E-state index contributed by atoms with van der Waals surface area (Å²) in [7, 11) is 0. The molecule has 0 bridgehead atoms. The van der Waals surface area contributed by atoms with E-state index in [1.807, 2.05) is 6.08 Å². The summed E-state index contributed by atoms with van der Waals surface area (Å²) in [6.45, 7) is 5.01. The van der Waals surface area contributed by atoms with Gasteiger partial charge in [-0.2, -0.15) is 11.8 Å². The minimum atomic E-state index is -0.324. The Morgan fingerprint density at radius 2 is 2.31 bits per heavy atom. The Bertz CT molecular complexity index is 344. The van der Waals surface area contributed by atoms with Crippen LogP contribution in [0.5, 0.6) is 0 Å². The van der Waals surface area contributed by atoms with Crippen molar-refractivity contribution in [3.05, 3.63) is 47.3 Å². The van der Waals surface area contributed by atoms with E-state index in [0.29, 0.717) is 12.1 Å². The molecule has 1 nitrogen and oxygen atoms in total. The van der Waals surface area contributed by atoms with Gasteiger partial charge in [0.1, 0.15) is 5.82 Å². The van der Waals surface area contributed by atoms with E-state index in [9.17, 15) is 4.39 Å².